The zero-order valence-corrected chi connectivity index (χ0v) is 11.0. The van der Waals surface area contributed by atoms with Gasteiger partial charge in [-0.3, -0.25) is 4.79 Å². The molecule has 1 fully saturated rings. The third kappa shape index (κ3) is 3.29. The normalized spacial score (nSPS) is 16.2. The van der Waals surface area contributed by atoms with Crippen LogP contribution in [0.15, 0.2) is 18.2 Å². The molecule has 2 N–H and O–H groups in total. The largest absolute Gasteiger partial charge is 0.345 e. The van der Waals surface area contributed by atoms with Crippen molar-refractivity contribution < 1.29 is 13.6 Å². The molecule has 3 nitrogen and oxygen atoms in total. The Kier molecular flexibility index (Phi) is 3.85. The van der Waals surface area contributed by atoms with Crippen LogP contribution in [-0.2, 0) is 11.2 Å². The summed E-state index contributed by atoms with van der Waals surface area (Å²) < 4.78 is 26.5. The number of benzene rings is 1. The lowest BCUT2D eigenvalue weighted by atomic mass is 10.1. The summed E-state index contributed by atoms with van der Waals surface area (Å²) in [6.45, 7) is 1.14. The summed E-state index contributed by atoms with van der Waals surface area (Å²) >= 11 is 0. The van der Waals surface area contributed by atoms with E-state index in [2.05, 4.69) is 0 Å². The van der Waals surface area contributed by atoms with Gasteiger partial charge in [-0.15, -0.1) is 0 Å². The first-order valence-electron chi connectivity index (χ1n) is 6.34. The van der Waals surface area contributed by atoms with Gasteiger partial charge in [0.05, 0.1) is 6.42 Å². The first kappa shape index (κ1) is 13.9. The maximum atomic E-state index is 13.5. The Hall–Kier alpha value is -1.49. The maximum Gasteiger partial charge on any atom is 0.226 e. The Morgan fingerprint density at radius 3 is 2.68 bits per heavy atom. The SMILES string of the molecule is CN(CC1(CN)CC1)C(=O)Cc1cc(F)ccc1F. The van der Waals surface area contributed by atoms with Crippen LogP contribution in [0.2, 0.25) is 0 Å². The van der Waals surface area contributed by atoms with Gasteiger partial charge in [0.2, 0.25) is 5.91 Å². The average molecular weight is 268 g/mol. The molecule has 1 amide bonds. The van der Waals surface area contributed by atoms with Gasteiger partial charge >= 0.3 is 0 Å². The highest BCUT2D eigenvalue weighted by Crippen LogP contribution is 2.44. The summed E-state index contributed by atoms with van der Waals surface area (Å²) in [5.74, 6) is -1.31. The minimum absolute atomic E-state index is 0.0465. The third-order valence-electron chi connectivity index (χ3n) is 3.74. The summed E-state index contributed by atoms with van der Waals surface area (Å²) in [7, 11) is 1.68. The van der Waals surface area contributed by atoms with Gasteiger partial charge in [-0.2, -0.15) is 0 Å². The van der Waals surface area contributed by atoms with Crippen molar-refractivity contribution in [1.29, 1.82) is 0 Å². The number of amides is 1. The second-order valence-electron chi connectivity index (χ2n) is 5.37. The fourth-order valence-electron chi connectivity index (χ4n) is 2.17. The molecule has 1 aliphatic carbocycles. The average Bonchev–Trinajstić information content (AvgIpc) is 3.14. The number of carbonyl (C=O) groups excluding carboxylic acids is 1. The van der Waals surface area contributed by atoms with Crippen molar-refractivity contribution in [3.8, 4) is 0 Å². The molecule has 19 heavy (non-hydrogen) atoms. The highest BCUT2D eigenvalue weighted by atomic mass is 19.1. The minimum Gasteiger partial charge on any atom is -0.345 e. The molecular weight excluding hydrogens is 250 g/mol. The molecule has 0 saturated heterocycles. The van der Waals surface area contributed by atoms with Gasteiger partial charge < -0.3 is 10.6 Å². The number of hydrogen-bond acceptors (Lipinski definition) is 2. The van der Waals surface area contributed by atoms with Crippen molar-refractivity contribution in [2.45, 2.75) is 19.3 Å². The molecule has 0 bridgehead atoms. The fraction of sp³-hybridized carbons (Fsp3) is 0.500. The standard InChI is InChI=1S/C14H18F2N2O/c1-18(9-14(8-17)4-5-14)13(19)7-10-6-11(15)2-3-12(10)16/h2-3,6H,4-5,7-9,17H2,1H3. The minimum atomic E-state index is -0.553. The summed E-state index contributed by atoms with van der Waals surface area (Å²) in [6, 6.07) is 3.15. The van der Waals surface area contributed by atoms with E-state index in [0.29, 0.717) is 13.1 Å². The van der Waals surface area contributed by atoms with E-state index in [1.165, 1.54) is 0 Å². The van der Waals surface area contributed by atoms with Gasteiger partial charge in [-0.25, -0.2) is 8.78 Å². The molecule has 0 radical (unpaired) electrons. The molecule has 0 unspecified atom stereocenters. The van der Waals surface area contributed by atoms with Crippen LogP contribution in [0.3, 0.4) is 0 Å². The lowest BCUT2D eigenvalue weighted by Gasteiger charge is -2.23. The van der Waals surface area contributed by atoms with Crippen molar-refractivity contribution in [2.24, 2.45) is 11.1 Å². The predicted octanol–water partition coefficient (Wildman–Crippen LogP) is 1.70. The first-order chi connectivity index (χ1) is 8.96. The van der Waals surface area contributed by atoms with E-state index >= 15 is 0 Å². The second-order valence-corrected chi connectivity index (χ2v) is 5.37. The Labute approximate surface area is 111 Å². The quantitative estimate of drug-likeness (QED) is 0.883. The number of hydrogen-bond donors (Lipinski definition) is 1. The number of nitrogens with two attached hydrogens (primary N) is 1. The van der Waals surface area contributed by atoms with Gasteiger partial charge in [0.25, 0.3) is 0 Å². The zero-order valence-electron chi connectivity index (χ0n) is 11.0. The summed E-state index contributed by atoms with van der Waals surface area (Å²) in [4.78, 5) is 13.6. The van der Waals surface area contributed by atoms with Crippen LogP contribution in [0.4, 0.5) is 8.78 Å². The van der Waals surface area contributed by atoms with E-state index in [-0.39, 0.29) is 23.3 Å². The molecule has 0 aliphatic heterocycles. The molecule has 104 valence electrons. The molecule has 5 heteroatoms. The molecule has 0 aromatic heterocycles. The van der Waals surface area contributed by atoms with Crippen molar-refractivity contribution >= 4 is 5.91 Å². The summed E-state index contributed by atoms with van der Waals surface area (Å²) in [5.41, 5.74) is 5.80. The van der Waals surface area contributed by atoms with Crippen molar-refractivity contribution in [2.75, 3.05) is 20.1 Å². The molecule has 2 rings (SSSR count). The van der Waals surface area contributed by atoms with Crippen LogP contribution >= 0.6 is 0 Å². The number of likely N-dealkylation sites (N-methyl/N-ethyl adjacent to an activating group) is 1. The highest BCUT2D eigenvalue weighted by molar-refractivity contribution is 5.78. The van der Waals surface area contributed by atoms with Gasteiger partial charge in [0.15, 0.2) is 0 Å². The smallest absolute Gasteiger partial charge is 0.226 e. The molecule has 0 spiro atoms. The Morgan fingerprint density at radius 2 is 2.11 bits per heavy atom. The van der Waals surface area contributed by atoms with E-state index in [1.807, 2.05) is 0 Å². The predicted molar refractivity (Wildman–Crippen MR) is 68.4 cm³/mol. The molecule has 1 aliphatic rings. The van der Waals surface area contributed by atoms with Gasteiger partial charge in [0, 0.05) is 24.6 Å². The molecular formula is C14H18F2N2O. The fourth-order valence-corrected chi connectivity index (χ4v) is 2.17. The number of carbonyl (C=O) groups is 1. The van der Waals surface area contributed by atoms with Crippen LogP contribution in [0.5, 0.6) is 0 Å². The van der Waals surface area contributed by atoms with E-state index in [4.69, 9.17) is 5.73 Å². The van der Waals surface area contributed by atoms with Crippen LogP contribution < -0.4 is 5.73 Å². The summed E-state index contributed by atoms with van der Waals surface area (Å²) in [6.07, 6.45) is 1.92. The van der Waals surface area contributed by atoms with Crippen LogP contribution in [-0.4, -0.2) is 30.9 Å². The molecule has 0 heterocycles. The van der Waals surface area contributed by atoms with E-state index in [9.17, 15) is 13.6 Å². The van der Waals surface area contributed by atoms with Gasteiger partial charge in [-0.05, 0) is 37.6 Å². The Balaban J connectivity index is 1.98. The van der Waals surface area contributed by atoms with E-state index < -0.39 is 11.6 Å². The van der Waals surface area contributed by atoms with Crippen LogP contribution in [0.25, 0.3) is 0 Å². The third-order valence-corrected chi connectivity index (χ3v) is 3.74. The van der Waals surface area contributed by atoms with Crippen molar-refractivity contribution in [3.63, 3.8) is 0 Å². The number of halogens is 2. The van der Waals surface area contributed by atoms with Gasteiger partial charge in [-0.1, -0.05) is 0 Å². The summed E-state index contributed by atoms with van der Waals surface area (Å²) in [5, 5.41) is 0. The molecule has 1 aromatic carbocycles. The Bertz CT molecular complexity index is 486. The number of nitrogens with zero attached hydrogens (tertiary/aromatic N) is 1. The highest BCUT2D eigenvalue weighted by Gasteiger charge is 2.42. The lowest BCUT2D eigenvalue weighted by molar-refractivity contribution is -0.129. The zero-order chi connectivity index (χ0) is 14.0. The van der Waals surface area contributed by atoms with Crippen molar-refractivity contribution in [3.05, 3.63) is 35.4 Å². The van der Waals surface area contributed by atoms with E-state index in [1.54, 1.807) is 11.9 Å². The number of rotatable bonds is 5. The topological polar surface area (TPSA) is 46.3 Å². The molecule has 1 aromatic rings. The lowest BCUT2D eigenvalue weighted by Crippen LogP contribution is -2.36. The van der Waals surface area contributed by atoms with Crippen LogP contribution in [0, 0.1) is 17.0 Å². The molecule has 0 atom stereocenters. The van der Waals surface area contributed by atoms with Crippen LogP contribution in [0.1, 0.15) is 18.4 Å². The van der Waals surface area contributed by atoms with Gasteiger partial charge in [0.1, 0.15) is 11.6 Å². The van der Waals surface area contributed by atoms with E-state index in [0.717, 1.165) is 31.0 Å². The Morgan fingerprint density at radius 1 is 1.42 bits per heavy atom. The first-order valence-corrected chi connectivity index (χ1v) is 6.34. The maximum absolute atomic E-state index is 13.5. The second kappa shape index (κ2) is 5.25. The molecule has 1 saturated carbocycles. The van der Waals surface area contributed by atoms with Crippen molar-refractivity contribution in [1.82, 2.24) is 4.90 Å². The monoisotopic (exact) mass is 268 g/mol.